The van der Waals surface area contributed by atoms with Gasteiger partial charge in [-0.1, -0.05) is 153 Å². The van der Waals surface area contributed by atoms with E-state index in [4.69, 9.17) is 38.9 Å². The number of methoxy groups -OCH3 is 2. The normalized spacial score (nSPS) is 15.5. The van der Waals surface area contributed by atoms with Gasteiger partial charge in [0.2, 0.25) is 53.2 Å². The van der Waals surface area contributed by atoms with E-state index >= 15 is 0 Å². The number of rotatable bonds is 51. The van der Waals surface area contributed by atoms with Gasteiger partial charge in [-0.15, -0.1) is 0 Å². The van der Waals surface area contributed by atoms with Gasteiger partial charge >= 0.3 is 18.1 Å². The number of hydrogen-bond donors (Lipinski definition) is 9. The second-order valence-corrected chi connectivity index (χ2v) is 31.2. The van der Waals surface area contributed by atoms with Gasteiger partial charge in [-0.25, -0.2) is 14.4 Å². The van der Waals surface area contributed by atoms with Crippen LogP contribution >= 0.6 is 0 Å². The summed E-state index contributed by atoms with van der Waals surface area (Å²) in [6.45, 7) is 18.8. The van der Waals surface area contributed by atoms with E-state index in [1.807, 2.05) is 68.4 Å². The van der Waals surface area contributed by atoms with Gasteiger partial charge in [-0.05, 0) is 96.4 Å². The summed E-state index contributed by atoms with van der Waals surface area (Å²) in [4.78, 5) is 168. The Balaban J connectivity index is 0.905. The molecule has 6 rings (SSSR count). The molecule has 2 heterocycles. The van der Waals surface area contributed by atoms with Crippen LogP contribution in [0.4, 0.5) is 21.0 Å². The van der Waals surface area contributed by atoms with Crippen LogP contribution in [0.1, 0.15) is 148 Å². The molecule has 658 valence electrons. The SMILES string of the molecule is CCC(C)C(C(CC(=O)N1CCCC1C(OC)C(C)C(=O)NC(Cc1ccccc1)C(=O)O)OC)N(C)C(=O)C(NC(=O)C(C(C)C)N(C)C(=O)OCc1ccc(NC(=O)C(CCCNC(N)=O)NC(=O)C(NC(=O)CCOCCOCCOCCOCCNC(=O)CCC(=O)N2Cc3ccccc3C#Cc3ccccc32)C(C)C)cc1)C(C)C. The van der Waals surface area contributed by atoms with Crippen molar-refractivity contribution in [3.8, 4) is 11.8 Å². The molecule has 2 aliphatic rings. The van der Waals surface area contributed by atoms with Gasteiger partial charge in [-0.3, -0.25) is 48.1 Å². The fraction of sp³-hybridized carbons (Fsp3) is 0.568. The molecule has 4 aromatic carbocycles. The number of ether oxygens (including phenoxy) is 7. The number of hydrogen-bond acceptors (Lipinski definition) is 19. The highest BCUT2D eigenvalue weighted by molar-refractivity contribution is 5.99. The topological polar surface area (TPSA) is 413 Å². The Morgan fingerprint density at radius 3 is 1.81 bits per heavy atom. The van der Waals surface area contributed by atoms with Crippen LogP contribution in [0.2, 0.25) is 0 Å². The molecule has 12 amide bonds. The number of para-hydroxylation sites is 1. The van der Waals surface area contributed by atoms with Gasteiger partial charge < -0.3 is 95.9 Å². The third-order valence-electron chi connectivity index (χ3n) is 21.3. The maximum atomic E-state index is 14.9. The first kappa shape index (κ1) is 98.3. The monoisotopic (exact) mass is 1670 g/mol. The average molecular weight is 1670 g/mol. The number of carboxylic acids is 1. The number of amides is 12. The molecular weight excluding hydrogens is 1550 g/mol. The predicted octanol–water partition coefficient (Wildman–Crippen LogP) is 6.46. The number of aliphatic carboxylic acids is 1. The Bertz CT molecular complexity index is 4060. The molecule has 0 spiro atoms. The molecule has 0 radical (unpaired) electrons. The minimum atomic E-state index is -1.20. The fourth-order valence-electron chi connectivity index (χ4n) is 14.5. The van der Waals surface area contributed by atoms with E-state index in [1.54, 1.807) is 114 Å². The molecule has 0 bridgehead atoms. The molecule has 32 heteroatoms. The number of benzene rings is 4. The molecule has 120 heavy (non-hydrogen) atoms. The number of carbonyl (C=O) groups is 12. The molecule has 32 nitrogen and oxygen atoms in total. The predicted molar refractivity (Wildman–Crippen MR) is 450 cm³/mol. The summed E-state index contributed by atoms with van der Waals surface area (Å²) in [5.41, 5.74) is 10.1. The van der Waals surface area contributed by atoms with Crippen LogP contribution in [0, 0.1) is 41.4 Å². The van der Waals surface area contributed by atoms with Crippen LogP contribution in [-0.2, 0) is 101 Å². The lowest BCUT2D eigenvalue weighted by molar-refractivity contribution is -0.148. The van der Waals surface area contributed by atoms with Gasteiger partial charge in [0, 0.05) is 90.4 Å². The molecule has 0 saturated carbocycles. The summed E-state index contributed by atoms with van der Waals surface area (Å²) in [6, 6.07) is 22.9. The minimum absolute atomic E-state index is 0.0200. The van der Waals surface area contributed by atoms with Crippen LogP contribution in [0.15, 0.2) is 103 Å². The second-order valence-electron chi connectivity index (χ2n) is 31.2. The van der Waals surface area contributed by atoms with Crippen LogP contribution < -0.4 is 47.9 Å². The highest BCUT2D eigenvalue weighted by Crippen LogP contribution is 2.32. The standard InChI is InChI=1S/C88H126N12O20/c1-14-59(8)79(71(114-12)53-75(104)99-43-23-31-70(99)80(115-13)60(9)81(105)94-68(86(110)111)52-61-24-16-15-17-25-61)97(10)85(109)77(57(4)5)96-84(108)78(58(6)7)98(11)88(113)120-55-62-32-36-66(37-33-62)92-82(106)67(29-22-41-91-87(89)112)93-83(107)76(56(2)3)95-73(102)40-44-116-46-48-118-50-51-119-49-47-117-45-42-90-72(101)38-39-74(103)100-54-65-28-19-18-26-63(65)34-35-64-27-20-21-30-69(64)100/h15-21,24-28,30,32-33,36-37,56-60,67-68,70-71,76-80H,14,22-23,29,31,38-55H2,1-13H3,(H,90,101)(H,92,106)(H,93,107)(H,94,105)(H,95,102)(H,96,108)(H,110,111)(H3,89,91,112). The van der Waals surface area contributed by atoms with Crippen LogP contribution in [-0.4, -0.2) is 246 Å². The van der Waals surface area contributed by atoms with Gasteiger partial charge in [-0.2, -0.15) is 0 Å². The van der Waals surface area contributed by atoms with E-state index in [2.05, 4.69) is 49.1 Å². The Morgan fingerprint density at radius 2 is 1.19 bits per heavy atom. The first-order valence-electron chi connectivity index (χ1n) is 41.4. The maximum absolute atomic E-state index is 14.9. The minimum Gasteiger partial charge on any atom is -0.480 e. The molecule has 11 unspecified atom stereocenters. The number of fused-ring (bicyclic) bond motifs is 2. The number of anilines is 2. The lowest BCUT2D eigenvalue weighted by Gasteiger charge is -2.41. The molecule has 4 aromatic rings. The van der Waals surface area contributed by atoms with Gasteiger partial charge in [0.15, 0.2) is 0 Å². The summed E-state index contributed by atoms with van der Waals surface area (Å²) in [6.07, 6.45) is -0.527. The molecule has 11 atom stereocenters. The van der Waals surface area contributed by atoms with Crippen molar-refractivity contribution in [3.05, 3.63) is 131 Å². The van der Waals surface area contributed by atoms with Crippen molar-refractivity contribution in [2.45, 2.75) is 194 Å². The van der Waals surface area contributed by atoms with Gasteiger partial charge in [0.1, 0.15) is 36.8 Å². The summed E-state index contributed by atoms with van der Waals surface area (Å²) >= 11 is 0. The lowest BCUT2D eigenvalue weighted by Crippen LogP contribution is -2.60. The van der Waals surface area contributed by atoms with E-state index in [0.717, 1.165) is 27.2 Å². The fourth-order valence-corrected chi connectivity index (χ4v) is 14.5. The van der Waals surface area contributed by atoms with Gasteiger partial charge in [0.25, 0.3) is 0 Å². The van der Waals surface area contributed by atoms with Crippen molar-refractivity contribution < 1.29 is 95.8 Å². The number of primary amides is 1. The van der Waals surface area contributed by atoms with Crippen LogP contribution in [0.25, 0.3) is 0 Å². The van der Waals surface area contributed by atoms with Crippen molar-refractivity contribution in [3.63, 3.8) is 0 Å². The van der Waals surface area contributed by atoms with Crippen molar-refractivity contribution in [2.75, 3.05) is 111 Å². The van der Waals surface area contributed by atoms with E-state index < -0.39 is 132 Å². The Morgan fingerprint density at radius 1 is 0.583 bits per heavy atom. The number of likely N-dealkylation sites (N-methyl/N-ethyl adjacent to an activating group) is 2. The molecule has 0 aromatic heterocycles. The Kier molecular flexibility index (Phi) is 41.9. The number of nitrogens with zero attached hydrogens (tertiary/aromatic N) is 4. The summed E-state index contributed by atoms with van der Waals surface area (Å²) < 4.78 is 40.1. The Labute approximate surface area is 705 Å². The summed E-state index contributed by atoms with van der Waals surface area (Å²) in [5, 5.41) is 29.2. The largest absolute Gasteiger partial charge is 0.480 e. The quantitative estimate of drug-likeness (QED) is 0.0169. The Hall–Kier alpha value is -10.6. The molecule has 1 fully saturated rings. The van der Waals surface area contributed by atoms with E-state index in [0.29, 0.717) is 55.9 Å². The zero-order valence-electron chi connectivity index (χ0n) is 71.7. The van der Waals surface area contributed by atoms with Crippen molar-refractivity contribution in [1.82, 2.24) is 46.6 Å². The zero-order valence-corrected chi connectivity index (χ0v) is 71.7. The zero-order chi connectivity index (χ0) is 88.0. The molecule has 10 N–H and O–H groups in total. The average Bonchev–Trinajstić information content (AvgIpc) is 1.28. The van der Waals surface area contributed by atoms with Crippen LogP contribution in [0.3, 0.4) is 0 Å². The lowest BCUT2D eigenvalue weighted by atomic mass is 9.89. The smallest absolute Gasteiger partial charge is 0.410 e. The van der Waals surface area contributed by atoms with Crippen molar-refractivity contribution in [2.24, 2.45) is 35.3 Å². The molecular formula is C88H126N12O20. The second kappa shape index (κ2) is 51.1. The third kappa shape index (κ3) is 31.2. The number of carboxylic acid groups (broad SMARTS) is 1. The number of urea groups is 1. The first-order valence-corrected chi connectivity index (χ1v) is 41.4. The molecule has 0 aliphatic carbocycles. The summed E-state index contributed by atoms with van der Waals surface area (Å²) in [7, 11) is 5.96. The third-order valence-corrected chi connectivity index (χ3v) is 21.3. The first-order chi connectivity index (χ1) is 57.4. The number of likely N-dealkylation sites (tertiary alicyclic amines) is 1. The van der Waals surface area contributed by atoms with E-state index in [9.17, 15) is 62.6 Å². The number of carbonyl (C=O) groups excluding carboxylic acids is 11. The van der Waals surface area contributed by atoms with E-state index in [-0.39, 0.29) is 135 Å². The number of nitrogens with one attached hydrogen (secondary N) is 7. The van der Waals surface area contributed by atoms with Crippen LogP contribution in [0.5, 0.6) is 0 Å². The maximum Gasteiger partial charge on any atom is 0.410 e. The molecule has 2 aliphatic heterocycles. The van der Waals surface area contributed by atoms with E-state index in [1.165, 1.54) is 26.2 Å². The van der Waals surface area contributed by atoms with Crippen molar-refractivity contribution >= 4 is 82.6 Å². The molecule has 1 saturated heterocycles. The summed E-state index contributed by atoms with van der Waals surface area (Å²) in [5.74, 6) is -1.23. The number of nitrogens with two attached hydrogens (primary N) is 1. The highest BCUT2D eigenvalue weighted by Gasteiger charge is 2.44. The van der Waals surface area contributed by atoms with Crippen molar-refractivity contribution in [1.29, 1.82) is 0 Å². The highest BCUT2D eigenvalue weighted by atomic mass is 16.6. The van der Waals surface area contributed by atoms with Gasteiger partial charge in [0.05, 0.1) is 102 Å².